The molecule has 0 saturated heterocycles. The number of hydrogen-bond acceptors (Lipinski definition) is 5. The number of rotatable bonds is 4. The van der Waals surface area contributed by atoms with Crippen LogP contribution in [-0.2, 0) is 6.54 Å². The number of anilines is 1. The number of para-hydroxylation sites is 1. The summed E-state index contributed by atoms with van der Waals surface area (Å²) in [5, 5.41) is 0. The van der Waals surface area contributed by atoms with Gasteiger partial charge in [0.25, 0.3) is 0 Å². The van der Waals surface area contributed by atoms with Crippen molar-refractivity contribution in [3.8, 4) is 11.6 Å². The fourth-order valence-electron chi connectivity index (χ4n) is 2.28. The summed E-state index contributed by atoms with van der Waals surface area (Å²) in [5.41, 5.74) is 8.46. The lowest BCUT2D eigenvalue weighted by Gasteiger charge is -2.10. The van der Waals surface area contributed by atoms with Crippen LogP contribution in [-0.4, -0.2) is 28.8 Å². The normalized spacial score (nSPS) is 10.8. The Kier molecular flexibility index (Phi) is 3.35. The fraction of sp³-hybridized carbons (Fsp3) is 0.200. The van der Waals surface area contributed by atoms with Gasteiger partial charge in [-0.25, -0.2) is 4.98 Å². The van der Waals surface area contributed by atoms with Crippen LogP contribution in [0.15, 0.2) is 36.4 Å². The molecule has 2 heterocycles. The standard InChI is InChI=1S/C15H16N4O2/c1-20-12-6-4-3-5-10(12)9-19-14-11(17-15(19)16)7-8-13(18-14)21-2/h3-8H,9H2,1-2H3,(H2,16,17). The molecular weight excluding hydrogens is 268 g/mol. The fourth-order valence-corrected chi connectivity index (χ4v) is 2.28. The van der Waals surface area contributed by atoms with Crippen molar-refractivity contribution in [2.45, 2.75) is 6.54 Å². The van der Waals surface area contributed by atoms with Crippen molar-refractivity contribution < 1.29 is 9.47 Å². The summed E-state index contributed by atoms with van der Waals surface area (Å²) in [6, 6.07) is 11.4. The van der Waals surface area contributed by atoms with Gasteiger partial charge < -0.3 is 15.2 Å². The highest BCUT2D eigenvalue weighted by molar-refractivity contribution is 5.75. The van der Waals surface area contributed by atoms with Crippen LogP contribution in [0.2, 0.25) is 0 Å². The first-order chi connectivity index (χ1) is 10.2. The number of nitrogens with zero attached hydrogens (tertiary/aromatic N) is 3. The highest BCUT2D eigenvalue weighted by atomic mass is 16.5. The molecule has 0 spiro atoms. The lowest BCUT2D eigenvalue weighted by Crippen LogP contribution is -2.06. The van der Waals surface area contributed by atoms with E-state index in [-0.39, 0.29) is 0 Å². The summed E-state index contributed by atoms with van der Waals surface area (Å²) in [4.78, 5) is 8.75. The van der Waals surface area contributed by atoms with E-state index in [1.807, 2.05) is 34.9 Å². The van der Waals surface area contributed by atoms with Crippen molar-refractivity contribution in [3.63, 3.8) is 0 Å². The van der Waals surface area contributed by atoms with Gasteiger partial charge in [-0.3, -0.25) is 4.57 Å². The molecule has 0 aliphatic heterocycles. The number of hydrogen-bond donors (Lipinski definition) is 1. The summed E-state index contributed by atoms with van der Waals surface area (Å²) in [7, 11) is 3.23. The molecule has 108 valence electrons. The Bertz CT molecular complexity index is 782. The van der Waals surface area contributed by atoms with Gasteiger partial charge in [-0.2, -0.15) is 4.98 Å². The van der Waals surface area contributed by atoms with E-state index in [4.69, 9.17) is 15.2 Å². The van der Waals surface area contributed by atoms with E-state index in [2.05, 4.69) is 9.97 Å². The Morgan fingerprint density at radius 1 is 1.05 bits per heavy atom. The topological polar surface area (TPSA) is 75.2 Å². The molecule has 0 radical (unpaired) electrons. The lowest BCUT2D eigenvalue weighted by atomic mass is 10.2. The molecule has 0 amide bonds. The molecule has 2 aromatic heterocycles. The smallest absolute Gasteiger partial charge is 0.215 e. The van der Waals surface area contributed by atoms with E-state index < -0.39 is 0 Å². The third-order valence-corrected chi connectivity index (χ3v) is 3.33. The van der Waals surface area contributed by atoms with Crippen LogP contribution < -0.4 is 15.2 Å². The molecule has 6 heteroatoms. The molecule has 0 saturated carbocycles. The van der Waals surface area contributed by atoms with Crippen LogP contribution in [0.3, 0.4) is 0 Å². The maximum Gasteiger partial charge on any atom is 0.215 e. The number of benzene rings is 1. The second-order valence-corrected chi connectivity index (χ2v) is 4.56. The quantitative estimate of drug-likeness (QED) is 0.794. The van der Waals surface area contributed by atoms with Crippen LogP contribution in [0.5, 0.6) is 11.6 Å². The van der Waals surface area contributed by atoms with Crippen molar-refractivity contribution in [2.75, 3.05) is 20.0 Å². The molecule has 0 aliphatic rings. The first-order valence-electron chi connectivity index (χ1n) is 6.51. The number of pyridine rings is 1. The van der Waals surface area contributed by atoms with Crippen LogP contribution in [0.4, 0.5) is 5.95 Å². The second-order valence-electron chi connectivity index (χ2n) is 4.56. The Morgan fingerprint density at radius 2 is 1.86 bits per heavy atom. The number of methoxy groups -OCH3 is 2. The largest absolute Gasteiger partial charge is 0.496 e. The Balaban J connectivity index is 2.09. The van der Waals surface area contributed by atoms with Crippen molar-refractivity contribution in [1.82, 2.24) is 14.5 Å². The van der Waals surface area contributed by atoms with E-state index in [0.29, 0.717) is 24.0 Å². The monoisotopic (exact) mass is 284 g/mol. The number of fused-ring (bicyclic) bond motifs is 1. The molecule has 6 nitrogen and oxygen atoms in total. The van der Waals surface area contributed by atoms with Crippen LogP contribution >= 0.6 is 0 Å². The number of nitrogen functional groups attached to an aromatic ring is 1. The minimum atomic E-state index is 0.414. The molecule has 21 heavy (non-hydrogen) atoms. The highest BCUT2D eigenvalue weighted by Crippen LogP contribution is 2.24. The molecule has 0 aliphatic carbocycles. The number of ether oxygens (including phenoxy) is 2. The maximum absolute atomic E-state index is 6.01. The molecular formula is C15H16N4O2. The summed E-state index contributed by atoms with van der Waals surface area (Å²) in [6.45, 7) is 0.534. The summed E-state index contributed by atoms with van der Waals surface area (Å²) in [5.74, 6) is 1.75. The Morgan fingerprint density at radius 3 is 2.62 bits per heavy atom. The first kappa shape index (κ1) is 13.2. The Labute approximate surface area is 122 Å². The van der Waals surface area contributed by atoms with Crippen molar-refractivity contribution in [1.29, 1.82) is 0 Å². The maximum atomic E-state index is 6.01. The van der Waals surface area contributed by atoms with Gasteiger partial charge >= 0.3 is 0 Å². The van der Waals surface area contributed by atoms with Gasteiger partial charge in [-0.1, -0.05) is 18.2 Å². The van der Waals surface area contributed by atoms with E-state index in [1.165, 1.54) is 0 Å². The number of imidazole rings is 1. The van der Waals surface area contributed by atoms with Crippen molar-refractivity contribution in [3.05, 3.63) is 42.0 Å². The molecule has 0 fully saturated rings. The molecule has 0 bridgehead atoms. The Hall–Kier alpha value is -2.76. The van der Waals surface area contributed by atoms with Crippen LogP contribution in [0.25, 0.3) is 11.2 Å². The van der Waals surface area contributed by atoms with E-state index in [1.54, 1.807) is 20.3 Å². The third kappa shape index (κ3) is 2.35. The van der Waals surface area contributed by atoms with Gasteiger partial charge in [0.1, 0.15) is 11.3 Å². The molecule has 0 unspecified atom stereocenters. The minimum absolute atomic E-state index is 0.414. The van der Waals surface area contributed by atoms with Gasteiger partial charge in [-0.05, 0) is 12.1 Å². The average molecular weight is 284 g/mol. The summed E-state index contributed by atoms with van der Waals surface area (Å²) in [6.07, 6.45) is 0. The molecule has 3 rings (SSSR count). The lowest BCUT2D eigenvalue weighted by molar-refractivity contribution is 0.399. The first-order valence-corrected chi connectivity index (χ1v) is 6.51. The zero-order valence-electron chi connectivity index (χ0n) is 11.9. The second kappa shape index (κ2) is 5.32. The van der Waals surface area contributed by atoms with Gasteiger partial charge in [0, 0.05) is 11.6 Å². The van der Waals surface area contributed by atoms with E-state index in [9.17, 15) is 0 Å². The predicted molar refractivity (Wildman–Crippen MR) is 80.6 cm³/mol. The van der Waals surface area contributed by atoms with Gasteiger partial charge in [0.05, 0.1) is 20.8 Å². The summed E-state index contributed by atoms with van der Waals surface area (Å²) < 4.78 is 12.4. The van der Waals surface area contributed by atoms with Crippen LogP contribution in [0.1, 0.15) is 5.56 Å². The van der Waals surface area contributed by atoms with Crippen LogP contribution in [0, 0.1) is 0 Å². The highest BCUT2D eigenvalue weighted by Gasteiger charge is 2.12. The molecule has 2 N–H and O–H groups in total. The van der Waals surface area contributed by atoms with Gasteiger partial charge in [-0.15, -0.1) is 0 Å². The molecule has 0 atom stereocenters. The van der Waals surface area contributed by atoms with Crippen molar-refractivity contribution >= 4 is 17.1 Å². The SMILES string of the molecule is COc1ccc2nc(N)n(Cc3ccccc3OC)c2n1. The third-order valence-electron chi connectivity index (χ3n) is 3.33. The molecule has 1 aromatic carbocycles. The number of aromatic nitrogens is 3. The number of nitrogens with two attached hydrogens (primary N) is 1. The summed E-state index contributed by atoms with van der Waals surface area (Å²) >= 11 is 0. The molecule has 3 aromatic rings. The van der Waals surface area contributed by atoms with Gasteiger partial charge in [0.2, 0.25) is 11.8 Å². The minimum Gasteiger partial charge on any atom is -0.496 e. The average Bonchev–Trinajstić information content (AvgIpc) is 2.83. The predicted octanol–water partition coefficient (Wildman–Crippen LogP) is 2.08. The zero-order chi connectivity index (χ0) is 14.8. The van der Waals surface area contributed by atoms with Gasteiger partial charge in [0.15, 0.2) is 5.65 Å². The zero-order valence-corrected chi connectivity index (χ0v) is 11.9. The van der Waals surface area contributed by atoms with E-state index in [0.717, 1.165) is 16.8 Å². The van der Waals surface area contributed by atoms with Crippen molar-refractivity contribution in [2.24, 2.45) is 0 Å². The van der Waals surface area contributed by atoms with E-state index >= 15 is 0 Å².